The van der Waals surface area contributed by atoms with Crippen molar-refractivity contribution in [2.24, 2.45) is 0 Å². The first-order valence-corrected chi connectivity index (χ1v) is 12.6. The van der Waals surface area contributed by atoms with E-state index in [4.69, 9.17) is 0 Å². The lowest BCUT2D eigenvalue weighted by Gasteiger charge is -2.32. The zero-order chi connectivity index (χ0) is 23.0. The van der Waals surface area contributed by atoms with E-state index in [0.717, 1.165) is 20.6 Å². The summed E-state index contributed by atoms with van der Waals surface area (Å²) in [7, 11) is -2.19. The molecule has 7 nitrogen and oxygen atoms in total. The largest absolute Gasteiger partial charge is 0.357 e. The highest BCUT2D eigenvalue weighted by molar-refractivity contribution is 9.10. The summed E-state index contributed by atoms with van der Waals surface area (Å²) in [5.41, 5.74) is 1.41. The van der Waals surface area contributed by atoms with Crippen LogP contribution in [-0.4, -0.2) is 57.6 Å². The summed E-state index contributed by atoms with van der Waals surface area (Å²) in [5.74, 6) is -0.710. The van der Waals surface area contributed by atoms with E-state index < -0.39 is 22.0 Å². The molecule has 0 saturated heterocycles. The van der Waals surface area contributed by atoms with Crippen LogP contribution in [-0.2, 0) is 26.0 Å². The van der Waals surface area contributed by atoms with Crippen molar-refractivity contribution in [3.05, 3.63) is 64.6 Å². The van der Waals surface area contributed by atoms with Gasteiger partial charge >= 0.3 is 0 Å². The van der Waals surface area contributed by atoms with Crippen molar-refractivity contribution >= 4 is 43.5 Å². The fourth-order valence-electron chi connectivity index (χ4n) is 3.28. The molecule has 0 saturated carbocycles. The number of carbonyl (C=O) groups is 2. The summed E-state index contributed by atoms with van der Waals surface area (Å²) in [6.45, 7) is 1.74. The van der Waals surface area contributed by atoms with Gasteiger partial charge in [0.2, 0.25) is 21.8 Å². The third-order valence-corrected chi connectivity index (χ3v) is 6.58. The molecule has 2 aromatic rings. The van der Waals surface area contributed by atoms with Gasteiger partial charge in [-0.2, -0.15) is 0 Å². The second kappa shape index (κ2) is 11.3. The molecule has 168 valence electrons. The van der Waals surface area contributed by atoms with Crippen LogP contribution in [0.2, 0.25) is 0 Å². The number of sulfonamides is 1. The average Bonchev–Trinajstić information content (AvgIpc) is 2.75. The molecular weight excluding hydrogens is 482 g/mol. The van der Waals surface area contributed by atoms with E-state index in [1.807, 2.05) is 37.3 Å². The molecule has 0 aliphatic heterocycles. The Balaban J connectivity index is 2.32. The number of rotatable bonds is 10. The average molecular weight is 510 g/mol. The summed E-state index contributed by atoms with van der Waals surface area (Å²) in [6, 6.07) is 15.6. The minimum atomic E-state index is -3.71. The van der Waals surface area contributed by atoms with E-state index >= 15 is 0 Å². The standard InChI is InChI=1S/C22H28BrN3O4S/c1-4-20(22(28)24-2)25(15-14-17-8-6-5-7-9-17)21(27)16-26(31(3,29)30)19-12-10-18(23)11-13-19/h5-13,20H,4,14-16H2,1-3H3,(H,24,28)/t20-/m1/s1. The molecule has 1 N–H and O–H groups in total. The van der Waals surface area contributed by atoms with Crippen LogP contribution < -0.4 is 9.62 Å². The van der Waals surface area contributed by atoms with Gasteiger partial charge in [-0.25, -0.2) is 8.42 Å². The van der Waals surface area contributed by atoms with Gasteiger partial charge in [0, 0.05) is 18.1 Å². The maximum atomic E-state index is 13.3. The van der Waals surface area contributed by atoms with Gasteiger partial charge < -0.3 is 10.2 Å². The second-order valence-corrected chi connectivity index (χ2v) is 9.93. The Morgan fingerprint density at radius 2 is 1.68 bits per heavy atom. The van der Waals surface area contributed by atoms with E-state index in [9.17, 15) is 18.0 Å². The fourth-order valence-corrected chi connectivity index (χ4v) is 4.40. The highest BCUT2D eigenvalue weighted by Crippen LogP contribution is 2.21. The zero-order valence-corrected chi connectivity index (χ0v) is 20.3. The van der Waals surface area contributed by atoms with Crippen molar-refractivity contribution in [2.45, 2.75) is 25.8 Å². The first kappa shape index (κ1) is 24.9. The summed E-state index contributed by atoms with van der Waals surface area (Å²) in [5, 5.41) is 2.60. The predicted octanol–water partition coefficient (Wildman–Crippen LogP) is 2.81. The van der Waals surface area contributed by atoms with E-state index in [1.54, 1.807) is 24.3 Å². The topological polar surface area (TPSA) is 86.8 Å². The summed E-state index contributed by atoms with van der Waals surface area (Å²) >= 11 is 3.33. The maximum Gasteiger partial charge on any atom is 0.244 e. The van der Waals surface area contributed by atoms with Crippen LogP contribution in [0.25, 0.3) is 0 Å². The first-order valence-electron chi connectivity index (χ1n) is 9.95. The van der Waals surface area contributed by atoms with Crippen molar-refractivity contribution in [3.8, 4) is 0 Å². The number of nitrogens with one attached hydrogen (secondary N) is 1. The molecule has 0 aliphatic carbocycles. The van der Waals surface area contributed by atoms with Gasteiger partial charge in [-0.1, -0.05) is 53.2 Å². The molecule has 0 unspecified atom stereocenters. The van der Waals surface area contributed by atoms with Gasteiger partial charge in [-0.15, -0.1) is 0 Å². The number of nitrogens with zero attached hydrogens (tertiary/aromatic N) is 2. The monoisotopic (exact) mass is 509 g/mol. The minimum Gasteiger partial charge on any atom is -0.357 e. The van der Waals surface area contributed by atoms with Crippen LogP contribution in [0.5, 0.6) is 0 Å². The highest BCUT2D eigenvalue weighted by Gasteiger charge is 2.30. The number of benzene rings is 2. The molecule has 0 fully saturated rings. The molecule has 0 radical (unpaired) electrons. The van der Waals surface area contributed by atoms with Gasteiger partial charge in [0.1, 0.15) is 12.6 Å². The second-order valence-electron chi connectivity index (χ2n) is 7.11. The van der Waals surface area contributed by atoms with Crippen molar-refractivity contribution in [3.63, 3.8) is 0 Å². The molecule has 0 bridgehead atoms. The Morgan fingerprint density at radius 1 is 1.06 bits per heavy atom. The third kappa shape index (κ3) is 7.07. The highest BCUT2D eigenvalue weighted by atomic mass is 79.9. The number of amides is 2. The van der Waals surface area contributed by atoms with Crippen molar-refractivity contribution in [1.29, 1.82) is 0 Å². The molecule has 0 heterocycles. The SMILES string of the molecule is CC[C@H](C(=O)NC)N(CCc1ccccc1)C(=O)CN(c1ccc(Br)cc1)S(C)(=O)=O. The first-order chi connectivity index (χ1) is 14.7. The molecule has 2 rings (SSSR count). The number of likely N-dealkylation sites (N-methyl/N-ethyl adjacent to an activating group) is 1. The van der Waals surface area contributed by atoms with Crippen LogP contribution in [0.3, 0.4) is 0 Å². The van der Waals surface area contributed by atoms with Crippen LogP contribution in [0.4, 0.5) is 5.69 Å². The lowest BCUT2D eigenvalue weighted by atomic mass is 10.1. The van der Waals surface area contributed by atoms with Gasteiger partial charge in [0.05, 0.1) is 11.9 Å². The molecule has 0 spiro atoms. The summed E-state index contributed by atoms with van der Waals surface area (Å²) in [4.78, 5) is 27.2. The molecule has 2 amide bonds. The van der Waals surface area contributed by atoms with E-state index in [1.165, 1.54) is 11.9 Å². The molecule has 1 atom stereocenters. The Morgan fingerprint density at radius 3 is 2.19 bits per heavy atom. The van der Waals surface area contributed by atoms with Crippen molar-refractivity contribution < 1.29 is 18.0 Å². The van der Waals surface area contributed by atoms with Crippen molar-refractivity contribution in [2.75, 3.05) is 30.7 Å². The number of carbonyl (C=O) groups excluding carboxylic acids is 2. The molecule has 2 aromatic carbocycles. The minimum absolute atomic E-state index is 0.279. The van der Waals surface area contributed by atoms with Crippen LogP contribution in [0.1, 0.15) is 18.9 Å². The van der Waals surface area contributed by atoms with E-state index in [2.05, 4.69) is 21.2 Å². The fraction of sp³-hybridized carbons (Fsp3) is 0.364. The quantitative estimate of drug-likeness (QED) is 0.533. The summed E-state index contributed by atoms with van der Waals surface area (Å²) in [6.07, 6.45) is 2.03. The van der Waals surface area contributed by atoms with E-state index in [-0.39, 0.29) is 12.5 Å². The Bertz CT molecular complexity index is 982. The molecule has 0 aliphatic rings. The third-order valence-electron chi connectivity index (χ3n) is 4.91. The van der Waals surface area contributed by atoms with Gasteiger partial charge in [0.25, 0.3) is 0 Å². The number of anilines is 1. The van der Waals surface area contributed by atoms with Crippen LogP contribution in [0, 0.1) is 0 Å². The van der Waals surface area contributed by atoms with Gasteiger partial charge in [-0.3, -0.25) is 13.9 Å². The summed E-state index contributed by atoms with van der Waals surface area (Å²) < 4.78 is 26.8. The predicted molar refractivity (Wildman–Crippen MR) is 126 cm³/mol. The van der Waals surface area contributed by atoms with Gasteiger partial charge in [0.15, 0.2) is 0 Å². The van der Waals surface area contributed by atoms with Crippen molar-refractivity contribution in [1.82, 2.24) is 10.2 Å². The molecule has 31 heavy (non-hydrogen) atoms. The number of hydrogen-bond acceptors (Lipinski definition) is 4. The molecule has 9 heteroatoms. The number of halogens is 1. The molecular formula is C22H28BrN3O4S. The number of hydrogen-bond donors (Lipinski definition) is 1. The Labute approximate surface area is 192 Å². The maximum absolute atomic E-state index is 13.3. The normalized spacial score (nSPS) is 12.1. The van der Waals surface area contributed by atoms with Crippen LogP contribution >= 0.6 is 15.9 Å². The molecule has 0 aromatic heterocycles. The smallest absolute Gasteiger partial charge is 0.244 e. The lowest BCUT2D eigenvalue weighted by Crippen LogP contribution is -2.52. The van der Waals surface area contributed by atoms with E-state index in [0.29, 0.717) is 25.1 Å². The Kier molecular flexibility index (Phi) is 9.06. The Hall–Kier alpha value is -2.39. The van der Waals surface area contributed by atoms with Crippen LogP contribution in [0.15, 0.2) is 59.1 Å². The zero-order valence-electron chi connectivity index (χ0n) is 17.9. The lowest BCUT2D eigenvalue weighted by molar-refractivity contribution is -0.139. The van der Waals surface area contributed by atoms with Gasteiger partial charge in [-0.05, 0) is 42.7 Å².